The number of piperazine rings is 1. The molecule has 5 nitrogen and oxygen atoms in total. The van der Waals surface area contributed by atoms with Gasteiger partial charge in [-0.1, -0.05) is 11.6 Å². The lowest BCUT2D eigenvalue weighted by atomic mass is 10.1. The minimum absolute atomic E-state index is 0.0418. The van der Waals surface area contributed by atoms with E-state index in [4.69, 9.17) is 11.6 Å². The van der Waals surface area contributed by atoms with E-state index in [1.165, 1.54) is 6.07 Å². The van der Waals surface area contributed by atoms with E-state index in [0.29, 0.717) is 13.1 Å². The molecule has 1 aromatic carbocycles. The van der Waals surface area contributed by atoms with Gasteiger partial charge in [0.1, 0.15) is 0 Å². The Morgan fingerprint density at radius 1 is 1.41 bits per heavy atom. The van der Waals surface area contributed by atoms with Crippen LogP contribution in [-0.2, 0) is 15.8 Å². The van der Waals surface area contributed by atoms with E-state index in [2.05, 4.69) is 10.6 Å². The highest BCUT2D eigenvalue weighted by atomic mass is 35.5. The molecule has 1 heterocycles. The second-order valence-electron chi connectivity index (χ2n) is 4.80. The molecule has 0 spiro atoms. The maximum Gasteiger partial charge on any atom is 0.418 e. The van der Waals surface area contributed by atoms with Crippen LogP contribution in [0.25, 0.3) is 0 Å². The zero-order valence-corrected chi connectivity index (χ0v) is 12.1. The summed E-state index contributed by atoms with van der Waals surface area (Å²) < 4.78 is 38.7. The van der Waals surface area contributed by atoms with Crippen LogP contribution in [0.2, 0.25) is 5.02 Å². The van der Waals surface area contributed by atoms with Gasteiger partial charge >= 0.3 is 6.18 Å². The molecule has 1 saturated heterocycles. The average Bonchev–Trinajstić information content (AvgIpc) is 2.39. The largest absolute Gasteiger partial charge is 0.418 e. The Kier molecular flexibility index (Phi) is 4.92. The smallest absolute Gasteiger partial charge is 0.354 e. The molecule has 1 aromatic rings. The summed E-state index contributed by atoms with van der Waals surface area (Å²) in [4.78, 5) is 24.6. The van der Waals surface area contributed by atoms with E-state index < -0.39 is 17.6 Å². The zero-order chi connectivity index (χ0) is 16.3. The minimum atomic E-state index is -4.63. The molecule has 1 aliphatic rings. The second-order valence-corrected chi connectivity index (χ2v) is 5.23. The van der Waals surface area contributed by atoms with Gasteiger partial charge in [0, 0.05) is 18.1 Å². The number of nitrogens with one attached hydrogen (secondary N) is 2. The summed E-state index contributed by atoms with van der Waals surface area (Å²) in [7, 11) is 0. The summed E-state index contributed by atoms with van der Waals surface area (Å²) >= 11 is 5.57. The monoisotopic (exact) mass is 335 g/mol. The number of rotatable bonds is 3. The fourth-order valence-corrected chi connectivity index (χ4v) is 2.25. The quantitative estimate of drug-likeness (QED) is 0.884. The van der Waals surface area contributed by atoms with Crippen molar-refractivity contribution in [3.8, 4) is 0 Å². The molecule has 120 valence electrons. The molecule has 9 heteroatoms. The van der Waals surface area contributed by atoms with Crippen LogP contribution in [0, 0.1) is 0 Å². The van der Waals surface area contributed by atoms with Gasteiger partial charge in [0.25, 0.3) is 0 Å². The molecule has 2 amide bonds. The van der Waals surface area contributed by atoms with Gasteiger partial charge in [0.2, 0.25) is 11.8 Å². The van der Waals surface area contributed by atoms with Crippen LogP contribution in [0.1, 0.15) is 5.56 Å². The van der Waals surface area contributed by atoms with Crippen LogP contribution >= 0.6 is 11.6 Å². The standard InChI is InChI=1S/C13H13ClF3N3O2/c14-8-1-2-10(9(5-8)13(15,16)17)19-12(22)7-20-4-3-18-11(21)6-20/h1-2,5H,3-4,6-7H2,(H,18,21)(H,19,22). The molecule has 0 aromatic heterocycles. The van der Waals surface area contributed by atoms with Gasteiger partial charge in [-0.3, -0.25) is 14.5 Å². The number of hydrogen-bond donors (Lipinski definition) is 2. The van der Waals surface area contributed by atoms with Crippen LogP contribution in [-0.4, -0.2) is 42.9 Å². The van der Waals surface area contributed by atoms with E-state index >= 15 is 0 Å². The predicted molar refractivity (Wildman–Crippen MR) is 74.5 cm³/mol. The topological polar surface area (TPSA) is 61.4 Å². The number of halogens is 4. The highest BCUT2D eigenvalue weighted by molar-refractivity contribution is 6.30. The van der Waals surface area contributed by atoms with Crippen molar-refractivity contribution in [3.05, 3.63) is 28.8 Å². The van der Waals surface area contributed by atoms with E-state index in [1.807, 2.05) is 0 Å². The van der Waals surface area contributed by atoms with Crippen molar-refractivity contribution in [2.24, 2.45) is 0 Å². The molecule has 0 aliphatic carbocycles. The number of carbonyl (C=O) groups excluding carboxylic acids is 2. The maximum absolute atomic E-state index is 12.9. The highest BCUT2D eigenvalue weighted by Crippen LogP contribution is 2.36. The average molecular weight is 336 g/mol. The van der Waals surface area contributed by atoms with E-state index in [1.54, 1.807) is 4.90 Å². The Balaban J connectivity index is 2.07. The van der Waals surface area contributed by atoms with Crippen molar-refractivity contribution in [2.75, 3.05) is 31.5 Å². The molecule has 0 saturated carbocycles. The van der Waals surface area contributed by atoms with Gasteiger partial charge in [0.05, 0.1) is 24.3 Å². The van der Waals surface area contributed by atoms with Crippen molar-refractivity contribution in [3.63, 3.8) is 0 Å². The number of hydrogen-bond acceptors (Lipinski definition) is 3. The summed E-state index contributed by atoms with van der Waals surface area (Å²) in [6, 6.07) is 3.12. The Labute approximate surface area is 129 Å². The Morgan fingerprint density at radius 2 is 2.14 bits per heavy atom. The van der Waals surface area contributed by atoms with Crippen LogP contribution in [0.3, 0.4) is 0 Å². The lowest BCUT2D eigenvalue weighted by Crippen LogP contribution is -2.49. The van der Waals surface area contributed by atoms with E-state index in [0.717, 1.165) is 12.1 Å². The number of benzene rings is 1. The molecular formula is C13H13ClF3N3O2. The van der Waals surface area contributed by atoms with Crippen LogP contribution in [0.15, 0.2) is 18.2 Å². The van der Waals surface area contributed by atoms with E-state index in [-0.39, 0.29) is 29.7 Å². The Bertz CT molecular complexity index is 592. The van der Waals surface area contributed by atoms with E-state index in [9.17, 15) is 22.8 Å². The van der Waals surface area contributed by atoms with Gasteiger partial charge in [0.15, 0.2) is 0 Å². The summed E-state index contributed by atoms with van der Waals surface area (Å²) in [6.07, 6.45) is -4.63. The van der Waals surface area contributed by atoms with Crippen LogP contribution in [0.5, 0.6) is 0 Å². The van der Waals surface area contributed by atoms with Crippen molar-refractivity contribution < 1.29 is 22.8 Å². The van der Waals surface area contributed by atoms with Gasteiger partial charge in [-0.05, 0) is 18.2 Å². The van der Waals surface area contributed by atoms with Crippen LogP contribution in [0.4, 0.5) is 18.9 Å². The fraction of sp³-hybridized carbons (Fsp3) is 0.385. The Morgan fingerprint density at radius 3 is 2.77 bits per heavy atom. The van der Waals surface area contributed by atoms with Crippen LogP contribution < -0.4 is 10.6 Å². The summed E-state index contributed by atoms with van der Waals surface area (Å²) in [6.45, 7) is 0.750. The Hall–Kier alpha value is -1.80. The van der Waals surface area contributed by atoms with Crippen molar-refractivity contribution in [1.29, 1.82) is 0 Å². The molecular weight excluding hydrogens is 323 g/mol. The van der Waals surface area contributed by atoms with Gasteiger partial charge in [-0.25, -0.2) is 0 Å². The normalized spacial score (nSPS) is 16.3. The maximum atomic E-state index is 12.9. The first-order chi connectivity index (χ1) is 10.3. The number of alkyl halides is 3. The number of nitrogens with zero attached hydrogens (tertiary/aromatic N) is 1. The summed E-state index contributed by atoms with van der Waals surface area (Å²) in [5.74, 6) is -0.843. The third kappa shape index (κ3) is 4.35. The molecule has 2 N–H and O–H groups in total. The van der Waals surface area contributed by atoms with Crippen molar-refractivity contribution in [2.45, 2.75) is 6.18 Å². The first-order valence-corrected chi connectivity index (χ1v) is 6.79. The molecule has 0 atom stereocenters. The predicted octanol–water partition coefficient (Wildman–Crippen LogP) is 1.73. The highest BCUT2D eigenvalue weighted by Gasteiger charge is 2.34. The first-order valence-electron chi connectivity index (χ1n) is 6.41. The zero-order valence-electron chi connectivity index (χ0n) is 11.3. The molecule has 0 radical (unpaired) electrons. The molecule has 1 aliphatic heterocycles. The number of amides is 2. The number of carbonyl (C=O) groups is 2. The first kappa shape index (κ1) is 16.6. The minimum Gasteiger partial charge on any atom is -0.354 e. The second kappa shape index (κ2) is 6.53. The van der Waals surface area contributed by atoms with Gasteiger partial charge in [-0.2, -0.15) is 13.2 Å². The molecule has 22 heavy (non-hydrogen) atoms. The third-order valence-corrected chi connectivity index (χ3v) is 3.28. The van der Waals surface area contributed by atoms with Gasteiger partial charge < -0.3 is 10.6 Å². The lowest BCUT2D eigenvalue weighted by molar-refractivity contribution is -0.137. The van der Waals surface area contributed by atoms with Crippen molar-refractivity contribution >= 4 is 29.1 Å². The molecule has 1 fully saturated rings. The third-order valence-electron chi connectivity index (χ3n) is 3.05. The summed E-state index contributed by atoms with van der Waals surface area (Å²) in [5.41, 5.74) is -1.37. The molecule has 0 bridgehead atoms. The number of anilines is 1. The fourth-order valence-electron chi connectivity index (χ4n) is 2.08. The molecule has 0 unspecified atom stereocenters. The van der Waals surface area contributed by atoms with Crippen molar-refractivity contribution in [1.82, 2.24) is 10.2 Å². The SMILES string of the molecule is O=C1CN(CC(=O)Nc2ccc(Cl)cc2C(F)(F)F)CCN1. The molecule has 2 rings (SSSR count). The van der Waals surface area contributed by atoms with Gasteiger partial charge in [-0.15, -0.1) is 0 Å². The summed E-state index contributed by atoms with van der Waals surface area (Å²) in [5, 5.41) is 4.74. The lowest BCUT2D eigenvalue weighted by Gasteiger charge is -2.25.